The Morgan fingerprint density at radius 2 is 2.42 bits per heavy atom. The molecule has 0 saturated carbocycles. The smallest absolute Gasteiger partial charge is 0.0303 e. The van der Waals surface area contributed by atoms with E-state index in [4.69, 9.17) is 0 Å². The van der Waals surface area contributed by atoms with Gasteiger partial charge in [-0.25, -0.2) is 0 Å². The molecule has 1 aliphatic rings. The number of rotatable bonds is 1. The molecule has 3 heteroatoms. The monoisotopic (exact) mass is 184 g/mol. The molecule has 0 radical (unpaired) electrons. The van der Waals surface area contributed by atoms with Crippen LogP contribution in [-0.4, -0.2) is 18.1 Å². The summed E-state index contributed by atoms with van der Waals surface area (Å²) in [6, 6.07) is 4.16. The van der Waals surface area contributed by atoms with Crippen LogP contribution < -0.4 is 5.32 Å². The molecule has 1 aromatic rings. The number of hydrogen-bond acceptors (Lipinski definition) is 2. The van der Waals surface area contributed by atoms with Gasteiger partial charge in [0.2, 0.25) is 0 Å². The lowest BCUT2D eigenvalue weighted by atomic mass is 10.0. The quantitative estimate of drug-likeness (QED) is 0.717. The van der Waals surface area contributed by atoms with Crippen molar-refractivity contribution in [1.29, 1.82) is 0 Å². The Bertz CT molecular complexity index is 219. The zero-order valence-corrected chi connectivity index (χ0v) is 7.68. The standard InChI is InChI=1S/C9H12N2.ClH/c1-2-8(6-10-4-1)9-3-5-11-7-9;/h1-2,4,6,9,11H,3,5,7H2;1H. The summed E-state index contributed by atoms with van der Waals surface area (Å²) in [7, 11) is 0. The van der Waals surface area contributed by atoms with Crippen LogP contribution in [-0.2, 0) is 0 Å². The van der Waals surface area contributed by atoms with E-state index in [2.05, 4.69) is 16.4 Å². The Hall–Kier alpha value is -0.600. The van der Waals surface area contributed by atoms with Crippen molar-refractivity contribution in [2.75, 3.05) is 13.1 Å². The molecule has 1 N–H and O–H groups in total. The van der Waals surface area contributed by atoms with Crippen LogP contribution in [0.1, 0.15) is 17.9 Å². The van der Waals surface area contributed by atoms with Gasteiger partial charge in [0.05, 0.1) is 0 Å². The number of nitrogens with one attached hydrogen (secondary N) is 1. The summed E-state index contributed by atoms with van der Waals surface area (Å²) in [6.07, 6.45) is 5.05. The highest BCUT2D eigenvalue weighted by Crippen LogP contribution is 2.20. The molecule has 1 aliphatic heterocycles. The normalized spacial score (nSPS) is 21.8. The van der Waals surface area contributed by atoms with Crippen molar-refractivity contribution in [3.63, 3.8) is 0 Å². The van der Waals surface area contributed by atoms with Gasteiger partial charge in [-0.3, -0.25) is 4.98 Å². The lowest BCUT2D eigenvalue weighted by Gasteiger charge is -2.05. The first-order valence-corrected chi connectivity index (χ1v) is 4.07. The minimum absolute atomic E-state index is 0. The first kappa shape index (κ1) is 9.49. The van der Waals surface area contributed by atoms with Crippen LogP contribution >= 0.6 is 12.4 Å². The Labute approximate surface area is 78.8 Å². The molecule has 0 amide bonds. The molecule has 0 spiro atoms. The predicted octanol–water partition coefficient (Wildman–Crippen LogP) is 1.58. The van der Waals surface area contributed by atoms with Crippen molar-refractivity contribution in [2.24, 2.45) is 0 Å². The molecule has 2 nitrogen and oxygen atoms in total. The van der Waals surface area contributed by atoms with E-state index in [0.717, 1.165) is 13.1 Å². The summed E-state index contributed by atoms with van der Waals surface area (Å²) in [5.41, 5.74) is 1.37. The van der Waals surface area contributed by atoms with E-state index in [9.17, 15) is 0 Å². The summed E-state index contributed by atoms with van der Waals surface area (Å²) >= 11 is 0. The molecule has 1 saturated heterocycles. The fourth-order valence-electron chi connectivity index (χ4n) is 1.56. The summed E-state index contributed by atoms with van der Waals surface area (Å²) in [6.45, 7) is 2.27. The molecule has 0 aromatic carbocycles. The highest BCUT2D eigenvalue weighted by atomic mass is 35.5. The third-order valence-electron chi connectivity index (χ3n) is 2.22. The number of pyridine rings is 1. The van der Waals surface area contributed by atoms with Crippen molar-refractivity contribution < 1.29 is 0 Å². The number of nitrogens with zero attached hydrogens (tertiary/aromatic N) is 1. The molecule has 1 unspecified atom stereocenters. The maximum Gasteiger partial charge on any atom is 0.0303 e. The lowest BCUT2D eigenvalue weighted by Crippen LogP contribution is -2.07. The van der Waals surface area contributed by atoms with Crippen LogP contribution in [0.4, 0.5) is 0 Å². The molecule has 0 aliphatic carbocycles. The van der Waals surface area contributed by atoms with Gasteiger partial charge < -0.3 is 5.32 Å². The van der Waals surface area contributed by atoms with Crippen molar-refractivity contribution >= 4 is 12.4 Å². The van der Waals surface area contributed by atoms with Crippen LogP contribution in [0.5, 0.6) is 0 Å². The molecular weight excluding hydrogens is 172 g/mol. The van der Waals surface area contributed by atoms with Gasteiger partial charge >= 0.3 is 0 Å². The fraction of sp³-hybridized carbons (Fsp3) is 0.444. The molecule has 2 rings (SSSR count). The lowest BCUT2D eigenvalue weighted by molar-refractivity contribution is 0.759. The van der Waals surface area contributed by atoms with Crippen molar-refractivity contribution in [1.82, 2.24) is 10.3 Å². The van der Waals surface area contributed by atoms with Crippen LogP contribution in [0.15, 0.2) is 24.5 Å². The van der Waals surface area contributed by atoms with Gasteiger partial charge in [-0.1, -0.05) is 6.07 Å². The second-order valence-electron chi connectivity index (χ2n) is 2.98. The Balaban J connectivity index is 0.000000720. The van der Waals surface area contributed by atoms with E-state index >= 15 is 0 Å². The minimum Gasteiger partial charge on any atom is -0.316 e. The van der Waals surface area contributed by atoms with Crippen molar-refractivity contribution in [2.45, 2.75) is 12.3 Å². The fourth-order valence-corrected chi connectivity index (χ4v) is 1.56. The Morgan fingerprint density at radius 1 is 1.50 bits per heavy atom. The van der Waals surface area contributed by atoms with Crippen molar-refractivity contribution in [3.8, 4) is 0 Å². The summed E-state index contributed by atoms with van der Waals surface area (Å²) in [5.74, 6) is 0.698. The molecule has 2 heterocycles. The zero-order chi connectivity index (χ0) is 7.52. The SMILES string of the molecule is Cl.c1cncc(C2CCNC2)c1. The summed E-state index contributed by atoms with van der Waals surface area (Å²) in [4.78, 5) is 4.10. The third kappa shape index (κ3) is 1.96. The van der Waals surface area contributed by atoms with E-state index in [1.54, 1.807) is 0 Å². The number of hydrogen-bond donors (Lipinski definition) is 1. The second kappa shape index (κ2) is 4.43. The molecular formula is C9H13ClN2. The zero-order valence-electron chi connectivity index (χ0n) is 6.86. The van der Waals surface area contributed by atoms with Gasteiger partial charge in [0.25, 0.3) is 0 Å². The summed E-state index contributed by atoms with van der Waals surface area (Å²) < 4.78 is 0. The topological polar surface area (TPSA) is 24.9 Å². The first-order valence-electron chi connectivity index (χ1n) is 4.07. The van der Waals surface area contributed by atoms with E-state index in [-0.39, 0.29) is 12.4 Å². The second-order valence-corrected chi connectivity index (χ2v) is 2.98. The van der Waals surface area contributed by atoms with Gasteiger partial charge in [0.1, 0.15) is 0 Å². The van der Waals surface area contributed by atoms with E-state index in [1.807, 2.05) is 18.5 Å². The van der Waals surface area contributed by atoms with E-state index < -0.39 is 0 Å². The largest absolute Gasteiger partial charge is 0.316 e. The van der Waals surface area contributed by atoms with Gasteiger partial charge in [-0.15, -0.1) is 12.4 Å². The van der Waals surface area contributed by atoms with E-state index in [1.165, 1.54) is 12.0 Å². The molecule has 0 bridgehead atoms. The molecule has 66 valence electrons. The van der Waals surface area contributed by atoms with Gasteiger partial charge in [0.15, 0.2) is 0 Å². The minimum atomic E-state index is 0. The molecule has 1 fully saturated rings. The maximum atomic E-state index is 4.10. The Kier molecular flexibility index (Phi) is 3.50. The third-order valence-corrected chi connectivity index (χ3v) is 2.22. The van der Waals surface area contributed by atoms with Gasteiger partial charge in [-0.05, 0) is 30.5 Å². The predicted molar refractivity (Wildman–Crippen MR) is 51.7 cm³/mol. The molecule has 1 atom stereocenters. The van der Waals surface area contributed by atoms with E-state index in [0.29, 0.717) is 5.92 Å². The first-order chi connectivity index (χ1) is 5.47. The molecule has 1 aromatic heterocycles. The number of halogens is 1. The highest BCUT2D eigenvalue weighted by molar-refractivity contribution is 5.85. The van der Waals surface area contributed by atoms with Crippen LogP contribution in [0.3, 0.4) is 0 Å². The average molecular weight is 185 g/mol. The maximum absolute atomic E-state index is 4.10. The average Bonchev–Trinajstić information content (AvgIpc) is 2.58. The molecule has 12 heavy (non-hydrogen) atoms. The van der Waals surface area contributed by atoms with Crippen LogP contribution in [0, 0.1) is 0 Å². The Morgan fingerprint density at radius 3 is 3.00 bits per heavy atom. The van der Waals surface area contributed by atoms with Crippen LogP contribution in [0.25, 0.3) is 0 Å². The van der Waals surface area contributed by atoms with Crippen LogP contribution in [0.2, 0.25) is 0 Å². The number of aromatic nitrogens is 1. The summed E-state index contributed by atoms with van der Waals surface area (Å²) in [5, 5.41) is 3.34. The van der Waals surface area contributed by atoms with Gasteiger partial charge in [-0.2, -0.15) is 0 Å². The van der Waals surface area contributed by atoms with Crippen molar-refractivity contribution in [3.05, 3.63) is 30.1 Å². The highest BCUT2D eigenvalue weighted by Gasteiger charge is 2.15. The van der Waals surface area contributed by atoms with Gasteiger partial charge in [0, 0.05) is 18.9 Å².